The lowest BCUT2D eigenvalue weighted by molar-refractivity contribution is -0.131. The summed E-state index contributed by atoms with van der Waals surface area (Å²) < 4.78 is 5.82. The minimum absolute atomic E-state index is 0.0642. The van der Waals surface area contributed by atoms with Crippen molar-refractivity contribution in [2.45, 2.75) is 25.7 Å². The molecule has 1 saturated heterocycles. The molecule has 2 aromatic carbocycles. The second-order valence-electron chi connectivity index (χ2n) is 7.52. The van der Waals surface area contributed by atoms with Crippen LogP contribution in [0.2, 0.25) is 0 Å². The lowest BCUT2D eigenvalue weighted by Crippen LogP contribution is -2.48. The van der Waals surface area contributed by atoms with E-state index >= 15 is 0 Å². The monoisotopic (exact) mass is 393 g/mol. The standard InChI is InChI=1S/C23H27N3O3/c27-22-11-8-18-17-20(9-10-21(18)24-22)29-16-4-7-23(28)26-14-12-25(13-15-26)19-5-2-1-3-6-19/h1-3,5-6,9-10,17H,4,7-8,11-16H2,(H,24,27). The van der Waals surface area contributed by atoms with Crippen LogP contribution in [0.3, 0.4) is 0 Å². The van der Waals surface area contributed by atoms with Crippen molar-refractivity contribution < 1.29 is 14.3 Å². The summed E-state index contributed by atoms with van der Waals surface area (Å²) in [5, 5.41) is 2.87. The number of carbonyl (C=O) groups is 2. The highest BCUT2D eigenvalue weighted by Crippen LogP contribution is 2.27. The first kappa shape index (κ1) is 19.3. The summed E-state index contributed by atoms with van der Waals surface area (Å²) in [5.41, 5.74) is 3.20. The van der Waals surface area contributed by atoms with Gasteiger partial charge in [-0.2, -0.15) is 0 Å². The summed E-state index contributed by atoms with van der Waals surface area (Å²) in [6.07, 6.45) is 2.46. The second kappa shape index (κ2) is 8.99. The molecule has 152 valence electrons. The van der Waals surface area contributed by atoms with Gasteiger partial charge in [-0.15, -0.1) is 0 Å². The fraction of sp³-hybridized carbons (Fsp3) is 0.391. The highest BCUT2D eigenvalue weighted by atomic mass is 16.5. The highest BCUT2D eigenvalue weighted by Gasteiger charge is 2.21. The summed E-state index contributed by atoms with van der Waals surface area (Å²) in [4.78, 5) is 28.2. The Morgan fingerprint density at radius 2 is 1.79 bits per heavy atom. The molecule has 0 atom stereocenters. The summed E-state index contributed by atoms with van der Waals surface area (Å²) in [6, 6.07) is 16.1. The molecule has 0 radical (unpaired) electrons. The number of fused-ring (bicyclic) bond motifs is 1. The molecule has 4 rings (SSSR count). The largest absolute Gasteiger partial charge is 0.494 e. The molecule has 0 aliphatic carbocycles. The number of nitrogens with one attached hydrogen (secondary N) is 1. The van der Waals surface area contributed by atoms with Crippen LogP contribution >= 0.6 is 0 Å². The van der Waals surface area contributed by atoms with Crippen molar-refractivity contribution in [3.05, 3.63) is 54.1 Å². The number of hydrogen-bond donors (Lipinski definition) is 1. The number of carbonyl (C=O) groups excluding carboxylic acids is 2. The van der Waals surface area contributed by atoms with Crippen LogP contribution < -0.4 is 15.0 Å². The first-order valence-electron chi connectivity index (χ1n) is 10.3. The van der Waals surface area contributed by atoms with Crippen LogP contribution in [0.5, 0.6) is 5.75 Å². The van der Waals surface area contributed by atoms with Crippen molar-refractivity contribution in [1.29, 1.82) is 0 Å². The average Bonchev–Trinajstić information content (AvgIpc) is 2.77. The van der Waals surface area contributed by atoms with Gasteiger partial charge in [0.05, 0.1) is 6.61 Å². The first-order valence-corrected chi connectivity index (χ1v) is 10.3. The van der Waals surface area contributed by atoms with Crippen LogP contribution in [-0.4, -0.2) is 49.5 Å². The third-order valence-corrected chi connectivity index (χ3v) is 5.53. The molecule has 2 amide bonds. The molecule has 1 N–H and O–H groups in total. The second-order valence-corrected chi connectivity index (χ2v) is 7.52. The molecule has 1 fully saturated rings. The van der Waals surface area contributed by atoms with Crippen LogP contribution in [0, 0.1) is 0 Å². The molecular formula is C23H27N3O3. The van der Waals surface area contributed by atoms with E-state index in [-0.39, 0.29) is 11.8 Å². The van der Waals surface area contributed by atoms with E-state index in [0.29, 0.717) is 25.9 Å². The third-order valence-electron chi connectivity index (χ3n) is 5.53. The van der Waals surface area contributed by atoms with E-state index in [1.54, 1.807) is 0 Å². The Balaban J connectivity index is 1.18. The molecule has 0 saturated carbocycles. The lowest BCUT2D eigenvalue weighted by Gasteiger charge is -2.36. The minimum atomic E-state index is 0.0642. The van der Waals surface area contributed by atoms with Gasteiger partial charge in [-0.05, 0) is 48.7 Å². The van der Waals surface area contributed by atoms with Crippen molar-refractivity contribution in [2.24, 2.45) is 0 Å². The number of rotatable bonds is 6. The summed E-state index contributed by atoms with van der Waals surface area (Å²) in [5.74, 6) is 1.06. The lowest BCUT2D eigenvalue weighted by atomic mass is 10.0. The van der Waals surface area contributed by atoms with Gasteiger partial charge in [0, 0.05) is 50.4 Å². The Morgan fingerprint density at radius 1 is 1.00 bits per heavy atom. The maximum Gasteiger partial charge on any atom is 0.224 e. The number of para-hydroxylation sites is 1. The average molecular weight is 393 g/mol. The Kier molecular flexibility index (Phi) is 5.98. The van der Waals surface area contributed by atoms with Crippen molar-refractivity contribution in [2.75, 3.05) is 43.0 Å². The summed E-state index contributed by atoms with van der Waals surface area (Å²) >= 11 is 0. The zero-order chi connectivity index (χ0) is 20.1. The van der Waals surface area contributed by atoms with Gasteiger partial charge in [0.25, 0.3) is 0 Å². The van der Waals surface area contributed by atoms with E-state index in [1.165, 1.54) is 5.69 Å². The van der Waals surface area contributed by atoms with Crippen LogP contribution in [0.4, 0.5) is 11.4 Å². The number of benzene rings is 2. The molecule has 2 heterocycles. The molecule has 29 heavy (non-hydrogen) atoms. The van der Waals surface area contributed by atoms with Gasteiger partial charge in [-0.25, -0.2) is 0 Å². The van der Waals surface area contributed by atoms with E-state index in [9.17, 15) is 9.59 Å². The normalized spacial score (nSPS) is 16.2. The Morgan fingerprint density at radius 3 is 2.59 bits per heavy atom. The molecule has 0 unspecified atom stereocenters. The highest BCUT2D eigenvalue weighted by molar-refractivity contribution is 5.94. The van der Waals surface area contributed by atoms with Gasteiger partial charge >= 0.3 is 0 Å². The molecule has 6 nitrogen and oxygen atoms in total. The van der Waals surface area contributed by atoms with Crippen molar-refractivity contribution in [1.82, 2.24) is 4.90 Å². The predicted octanol–water partition coefficient (Wildman–Crippen LogP) is 3.08. The van der Waals surface area contributed by atoms with Gasteiger partial charge in [0.15, 0.2) is 0 Å². The van der Waals surface area contributed by atoms with Gasteiger partial charge in [0.2, 0.25) is 11.8 Å². The fourth-order valence-corrected chi connectivity index (χ4v) is 3.87. The number of nitrogens with zero attached hydrogens (tertiary/aromatic N) is 2. The molecule has 2 aliphatic heterocycles. The van der Waals surface area contributed by atoms with E-state index in [4.69, 9.17) is 4.74 Å². The maximum atomic E-state index is 12.5. The quantitative estimate of drug-likeness (QED) is 0.766. The molecule has 0 bridgehead atoms. The maximum absolute atomic E-state index is 12.5. The first-order chi connectivity index (χ1) is 14.2. The van der Waals surface area contributed by atoms with Crippen LogP contribution in [0.1, 0.15) is 24.8 Å². The van der Waals surface area contributed by atoms with Crippen LogP contribution in [0.15, 0.2) is 48.5 Å². The number of piperazine rings is 1. The van der Waals surface area contributed by atoms with Gasteiger partial charge < -0.3 is 19.9 Å². The number of aryl methyl sites for hydroxylation is 1. The number of amides is 2. The zero-order valence-electron chi connectivity index (χ0n) is 16.6. The smallest absolute Gasteiger partial charge is 0.224 e. The fourth-order valence-electron chi connectivity index (χ4n) is 3.87. The van der Waals surface area contributed by atoms with Crippen LogP contribution in [-0.2, 0) is 16.0 Å². The minimum Gasteiger partial charge on any atom is -0.494 e. The molecule has 2 aromatic rings. The number of anilines is 2. The van der Waals surface area contributed by atoms with Gasteiger partial charge in [-0.3, -0.25) is 9.59 Å². The predicted molar refractivity (Wildman–Crippen MR) is 113 cm³/mol. The Bertz CT molecular complexity index is 861. The zero-order valence-corrected chi connectivity index (χ0v) is 16.6. The molecule has 2 aliphatic rings. The van der Waals surface area contributed by atoms with Gasteiger partial charge in [0.1, 0.15) is 5.75 Å². The topological polar surface area (TPSA) is 61.9 Å². The van der Waals surface area contributed by atoms with E-state index in [1.807, 2.05) is 41.3 Å². The number of ether oxygens (including phenoxy) is 1. The van der Waals surface area contributed by atoms with Crippen molar-refractivity contribution in [3.63, 3.8) is 0 Å². The van der Waals surface area contributed by atoms with E-state index < -0.39 is 0 Å². The third kappa shape index (κ3) is 4.88. The van der Waals surface area contributed by atoms with Crippen LogP contribution in [0.25, 0.3) is 0 Å². The molecule has 0 spiro atoms. The molecular weight excluding hydrogens is 366 g/mol. The molecule has 6 heteroatoms. The van der Waals surface area contributed by atoms with E-state index in [2.05, 4.69) is 22.3 Å². The SMILES string of the molecule is O=C1CCc2cc(OCCCC(=O)N3CCN(c4ccccc4)CC3)ccc2N1. The number of hydrogen-bond acceptors (Lipinski definition) is 4. The Hall–Kier alpha value is -3.02. The van der Waals surface area contributed by atoms with E-state index in [0.717, 1.165) is 49.6 Å². The molecule has 0 aromatic heterocycles. The summed E-state index contributed by atoms with van der Waals surface area (Å²) in [7, 11) is 0. The Labute approximate surface area is 171 Å². The van der Waals surface area contributed by atoms with Gasteiger partial charge in [-0.1, -0.05) is 18.2 Å². The van der Waals surface area contributed by atoms with Crippen molar-refractivity contribution in [3.8, 4) is 5.75 Å². The summed E-state index contributed by atoms with van der Waals surface area (Å²) in [6.45, 7) is 3.80. The van der Waals surface area contributed by atoms with Crippen molar-refractivity contribution >= 4 is 23.2 Å².